The van der Waals surface area contributed by atoms with Crippen LogP contribution in [0, 0.1) is 6.92 Å². The number of aryl methyl sites for hydroxylation is 1. The Morgan fingerprint density at radius 2 is 1.74 bits per heavy atom. The van der Waals surface area contributed by atoms with E-state index < -0.39 is 27.9 Å². The lowest BCUT2D eigenvalue weighted by Crippen LogP contribution is -2.41. The molecule has 0 saturated carbocycles. The Labute approximate surface area is 198 Å². The predicted molar refractivity (Wildman–Crippen MR) is 125 cm³/mol. The van der Waals surface area contributed by atoms with Gasteiger partial charge >= 0.3 is 5.97 Å². The van der Waals surface area contributed by atoms with Gasteiger partial charge in [-0.1, -0.05) is 48.0 Å². The zero-order valence-corrected chi connectivity index (χ0v) is 19.8. The Morgan fingerprint density at radius 1 is 1.03 bits per heavy atom. The molecule has 3 aromatic rings. The van der Waals surface area contributed by atoms with Crippen molar-refractivity contribution in [2.24, 2.45) is 0 Å². The molecule has 1 amide bonds. The van der Waals surface area contributed by atoms with E-state index >= 15 is 0 Å². The molecule has 2 atom stereocenters. The lowest BCUT2D eigenvalue weighted by Gasteiger charge is -2.21. The van der Waals surface area contributed by atoms with Crippen molar-refractivity contribution in [3.05, 3.63) is 89.7 Å². The van der Waals surface area contributed by atoms with E-state index in [1.54, 1.807) is 12.1 Å². The van der Waals surface area contributed by atoms with Gasteiger partial charge in [-0.15, -0.1) is 0 Å². The van der Waals surface area contributed by atoms with Crippen LogP contribution in [0.1, 0.15) is 27.9 Å². The van der Waals surface area contributed by atoms with Gasteiger partial charge in [-0.2, -0.15) is 0 Å². The monoisotopic (exact) mass is 482 g/mol. The minimum absolute atomic E-state index is 0.121. The SMILES string of the molecule is COC(=O)[C@@H]1C[C@@H](OCc2ccccc2)CN1C(=O)c1ccn(S(=O)(=O)c2ccc(C)cc2)c1. The van der Waals surface area contributed by atoms with E-state index in [1.807, 2.05) is 37.3 Å². The fraction of sp³-hybridized carbons (Fsp3) is 0.280. The van der Waals surface area contributed by atoms with Crippen LogP contribution in [0.2, 0.25) is 0 Å². The summed E-state index contributed by atoms with van der Waals surface area (Å²) in [7, 11) is -2.58. The Balaban J connectivity index is 1.52. The molecule has 0 aliphatic carbocycles. The number of carbonyl (C=O) groups excluding carboxylic acids is 2. The molecule has 178 valence electrons. The summed E-state index contributed by atoms with van der Waals surface area (Å²) in [6, 6.07) is 16.7. The van der Waals surface area contributed by atoms with E-state index in [4.69, 9.17) is 9.47 Å². The summed E-state index contributed by atoms with van der Waals surface area (Å²) in [5.74, 6) is -0.995. The molecule has 0 spiro atoms. The Hall–Kier alpha value is -3.43. The minimum Gasteiger partial charge on any atom is -0.467 e. The number of hydrogen-bond acceptors (Lipinski definition) is 6. The number of benzene rings is 2. The Bertz CT molecular complexity index is 1270. The number of rotatable bonds is 7. The molecule has 4 rings (SSSR count). The molecule has 1 aliphatic heterocycles. The zero-order chi connectivity index (χ0) is 24.3. The van der Waals surface area contributed by atoms with Crippen molar-refractivity contribution in [3.8, 4) is 0 Å². The summed E-state index contributed by atoms with van der Waals surface area (Å²) < 4.78 is 37.7. The van der Waals surface area contributed by atoms with Gasteiger partial charge in [0.25, 0.3) is 15.9 Å². The third kappa shape index (κ3) is 4.90. The summed E-state index contributed by atoms with van der Waals surface area (Å²) in [6.45, 7) is 2.42. The van der Waals surface area contributed by atoms with Crippen molar-refractivity contribution in [1.82, 2.24) is 8.87 Å². The van der Waals surface area contributed by atoms with E-state index in [9.17, 15) is 18.0 Å². The molecule has 1 saturated heterocycles. The highest BCUT2D eigenvalue weighted by atomic mass is 32.2. The van der Waals surface area contributed by atoms with Crippen LogP contribution in [0.4, 0.5) is 0 Å². The molecular formula is C25H26N2O6S. The number of ether oxygens (including phenoxy) is 2. The summed E-state index contributed by atoms with van der Waals surface area (Å²) in [4.78, 5) is 27.2. The van der Waals surface area contributed by atoms with Gasteiger partial charge in [0.15, 0.2) is 0 Å². The van der Waals surface area contributed by atoms with Crippen molar-refractivity contribution in [2.75, 3.05) is 13.7 Å². The number of esters is 1. The molecule has 1 aliphatic rings. The second kappa shape index (κ2) is 9.82. The first-order chi connectivity index (χ1) is 16.3. The first-order valence-electron chi connectivity index (χ1n) is 10.8. The smallest absolute Gasteiger partial charge is 0.328 e. The van der Waals surface area contributed by atoms with Gasteiger partial charge in [0.2, 0.25) is 0 Å². The lowest BCUT2D eigenvalue weighted by atomic mass is 10.2. The highest BCUT2D eigenvalue weighted by Gasteiger charge is 2.41. The van der Waals surface area contributed by atoms with E-state index in [0.717, 1.165) is 15.1 Å². The maximum Gasteiger partial charge on any atom is 0.328 e. The second-order valence-corrected chi connectivity index (χ2v) is 10.0. The molecule has 0 bridgehead atoms. The van der Waals surface area contributed by atoms with Gasteiger partial charge in [-0.25, -0.2) is 17.2 Å². The lowest BCUT2D eigenvalue weighted by molar-refractivity contribution is -0.145. The third-order valence-corrected chi connectivity index (χ3v) is 7.49. The predicted octanol–water partition coefficient (Wildman–Crippen LogP) is 3.01. The molecule has 9 heteroatoms. The van der Waals surface area contributed by atoms with E-state index in [-0.39, 0.29) is 23.1 Å². The largest absolute Gasteiger partial charge is 0.467 e. The topological polar surface area (TPSA) is 94.9 Å². The van der Waals surface area contributed by atoms with Crippen molar-refractivity contribution in [2.45, 2.75) is 37.0 Å². The summed E-state index contributed by atoms with van der Waals surface area (Å²) in [5, 5.41) is 0. The Kier molecular flexibility index (Phi) is 6.85. The van der Waals surface area contributed by atoms with E-state index in [1.165, 1.54) is 42.6 Å². The summed E-state index contributed by atoms with van der Waals surface area (Å²) in [5.41, 5.74) is 2.09. The van der Waals surface area contributed by atoms with Crippen LogP contribution in [0.25, 0.3) is 0 Å². The standard InChI is InChI=1S/C25H26N2O6S/c1-18-8-10-22(11-9-18)34(30,31)26-13-12-20(15-26)24(28)27-16-21(14-23(27)25(29)32-2)33-17-19-6-4-3-5-7-19/h3-13,15,21,23H,14,16-17H2,1-2H3/t21-,23+/m1/s1. The molecule has 1 aromatic heterocycles. The number of carbonyl (C=O) groups is 2. The van der Waals surface area contributed by atoms with Crippen molar-refractivity contribution >= 4 is 21.9 Å². The van der Waals surface area contributed by atoms with Gasteiger partial charge in [0, 0.05) is 25.4 Å². The fourth-order valence-corrected chi connectivity index (χ4v) is 5.14. The number of aromatic nitrogens is 1. The van der Waals surface area contributed by atoms with Gasteiger partial charge < -0.3 is 14.4 Å². The fourth-order valence-electron chi connectivity index (χ4n) is 3.94. The molecule has 34 heavy (non-hydrogen) atoms. The van der Waals surface area contributed by atoms with Crippen LogP contribution in [0.5, 0.6) is 0 Å². The minimum atomic E-state index is -3.85. The number of likely N-dealkylation sites (tertiary alicyclic amines) is 1. The van der Waals surface area contributed by atoms with Crippen LogP contribution in [-0.4, -0.2) is 55.0 Å². The highest BCUT2D eigenvalue weighted by molar-refractivity contribution is 7.90. The molecule has 1 fully saturated rings. The van der Waals surface area contributed by atoms with Gasteiger partial charge in [0.1, 0.15) is 6.04 Å². The van der Waals surface area contributed by atoms with E-state index in [0.29, 0.717) is 13.0 Å². The van der Waals surface area contributed by atoms with Crippen LogP contribution in [0.3, 0.4) is 0 Å². The molecule has 2 heterocycles. The average molecular weight is 483 g/mol. The molecule has 0 N–H and O–H groups in total. The van der Waals surface area contributed by atoms with Gasteiger partial charge in [-0.05, 0) is 30.7 Å². The van der Waals surface area contributed by atoms with Crippen molar-refractivity contribution < 1.29 is 27.5 Å². The van der Waals surface area contributed by atoms with Gasteiger partial charge in [0.05, 0.1) is 30.3 Å². The number of methoxy groups -OCH3 is 1. The Morgan fingerprint density at radius 3 is 2.41 bits per heavy atom. The normalized spacial score (nSPS) is 18.1. The second-order valence-electron chi connectivity index (χ2n) is 8.20. The van der Waals surface area contributed by atoms with Crippen LogP contribution in [0.15, 0.2) is 78.0 Å². The maximum absolute atomic E-state index is 13.3. The van der Waals surface area contributed by atoms with Crippen molar-refractivity contribution in [3.63, 3.8) is 0 Å². The first kappa shape index (κ1) is 23.7. The molecule has 8 nitrogen and oxygen atoms in total. The maximum atomic E-state index is 13.3. The molecule has 0 unspecified atom stereocenters. The third-order valence-electron chi connectivity index (χ3n) is 5.84. The summed E-state index contributed by atoms with van der Waals surface area (Å²) in [6.07, 6.45) is 2.54. The number of amides is 1. The first-order valence-corrected chi connectivity index (χ1v) is 12.3. The van der Waals surface area contributed by atoms with E-state index in [2.05, 4.69) is 0 Å². The quantitative estimate of drug-likeness (QED) is 0.481. The molecule has 0 radical (unpaired) electrons. The van der Waals surface area contributed by atoms with Crippen LogP contribution in [-0.2, 0) is 30.9 Å². The zero-order valence-electron chi connectivity index (χ0n) is 19.0. The highest BCUT2D eigenvalue weighted by Crippen LogP contribution is 2.25. The van der Waals surface area contributed by atoms with Gasteiger partial charge in [-0.3, -0.25) is 4.79 Å². The molecule has 2 aromatic carbocycles. The van der Waals surface area contributed by atoms with Crippen LogP contribution >= 0.6 is 0 Å². The van der Waals surface area contributed by atoms with Crippen LogP contribution < -0.4 is 0 Å². The van der Waals surface area contributed by atoms with Crippen molar-refractivity contribution in [1.29, 1.82) is 0 Å². The number of nitrogens with zero attached hydrogens (tertiary/aromatic N) is 2. The number of hydrogen-bond donors (Lipinski definition) is 0. The molecular weight excluding hydrogens is 456 g/mol. The summed E-state index contributed by atoms with van der Waals surface area (Å²) >= 11 is 0. The average Bonchev–Trinajstić information content (AvgIpc) is 3.51.